The summed E-state index contributed by atoms with van der Waals surface area (Å²) in [5.74, 6) is -1.78. The van der Waals surface area contributed by atoms with E-state index < -0.39 is 23.7 Å². The van der Waals surface area contributed by atoms with Crippen LogP contribution in [0.25, 0.3) is 0 Å². The maximum absolute atomic E-state index is 13.5. The van der Waals surface area contributed by atoms with Crippen molar-refractivity contribution in [3.8, 4) is 6.07 Å². The molecule has 0 saturated carbocycles. The molecule has 1 aromatic rings. The third kappa shape index (κ3) is 6.30. The predicted molar refractivity (Wildman–Crippen MR) is 89.5 cm³/mol. The molecule has 6 nitrogen and oxygen atoms in total. The van der Waals surface area contributed by atoms with Crippen molar-refractivity contribution in [2.45, 2.75) is 19.0 Å². The first-order valence-corrected chi connectivity index (χ1v) is 8.48. The normalized spacial score (nSPS) is 12.1. The Hall–Kier alpha value is -2.53. The number of nitrogens with one attached hydrogen (secondary N) is 2. The van der Waals surface area contributed by atoms with Crippen molar-refractivity contribution in [2.24, 2.45) is 0 Å². The van der Waals surface area contributed by atoms with Crippen LogP contribution in [0.4, 0.5) is 4.39 Å². The standard InChI is InChI=1S/C16H18FN3O3S/c1-24-7-6-14(16(22)23)20-15(21)12(8-18)10-19-9-11-4-2-3-5-13(11)17/h2-5,10,14,19H,6-7,9H2,1H3,(H,20,21)(H,22,23)/b12-10-. The molecule has 0 heterocycles. The van der Waals surface area contributed by atoms with Gasteiger partial charge in [-0.3, -0.25) is 4.79 Å². The number of amides is 1. The van der Waals surface area contributed by atoms with Gasteiger partial charge in [-0.25, -0.2) is 9.18 Å². The van der Waals surface area contributed by atoms with Gasteiger partial charge in [-0.05, 0) is 24.5 Å². The van der Waals surface area contributed by atoms with Crippen LogP contribution in [0.15, 0.2) is 36.0 Å². The molecule has 128 valence electrons. The molecule has 0 aliphatic heterocycles. The number of nitriles is 1. The number of carboxylic acid groups (broad SMARTS) is 1. The van der Waals surface area contributed by atoms with Crippen molar-refractivity contribution >= 4 is 23.6 Å². The first-order chi connectivity index (χ1) is 11.5. The average Bonchev–Trinajstić information content (AvgIpc) is 2.56. The molecule has 0 fully saturated rings. The maximum Gasteiger partial charge on any atom is 0.326 e. The van der Waals surface area contributed by atoms with Crippen LogP contribution in [-0.2, 0) is 16.1 Å². The van der Waals surface area contributed by atoms with E-state index in [1.54, 1.807) is 24.3 Å². The second-order valence-corrected chi connectivity index (χ2v) is 5.77. The predicted octanol–water partition coefficient (Wildman–Crippen LogP) is 1.65. The fraction of sp³-hybridized carbons (Fsp3) is 0.312. The van der Waals surface area contributed by atoms with E-state index in [0.717, 1.165) is 6.20 Å². The summed E-state index contributed by atoms with van der Waals surface area (Å²) in [6.45, 7) is 0.0972. The lowest BCUT2D eigenvalue weighted by Crippen LogP contribution is -2.41. The molecule has 24 heavy (non-hydrogen) atoms. The Bertz CT molecular complexity index is 658. The zero-order valence-electron chi connectivity index (χ0n) is 13.1. The first kappa shape index (κ1) is 19.5. The Balaban J connectivity index is 2.66. The van der Waals surface area contributed by atoms with Crippen molar-refractivity contribution < 1.29 is 19.1 Å². The number of thioether (sulfide) groups is 1. The van der Waals surface area contributed by atoms with Gasteiger partial charge in [0.15, 0.2) is 0 Å². The van der Waals surface area contributed by atoms with E-state index in [2.05, 4.69) is 10.6 Å². The number of rotatable bonds is 9. The fourth-order valence-electron chi connectivity index (χ4n) is 1.78. The molecule has 0 aliphatic rings. The van der Waals surface area contributed by atoms with E-state index in [1.165, 1.54) is 17.8 Å². The van der Waals surface area contributed by atoms with Gasteiger partial charge in [-0.15, -0.1) is 0 Å². The Morgan fingerprint density at radius 1 is 1.46 bits per heavy atom. The SMILES string of the molecule is CSCCC(NC(=O)/C(C#N)=C\NCc1ccccc1F)C(=O)O. The summed E-state index contributed by atoms with van der Waals surface area (Å²) in [5, 5.41) is 23.1. The van der Waals surface area contributed by atoms with Crippen LogP contribution in [0.2, 0.25) is 0 Å². The Kier molecular flexibility index (Phi) is 8.36. The van der Waals surface area contributed by atoms with Crippen LogP contribution in [-0.4, -0.2) is 35.0 Å². The summed E-state index contributed by atoms with van der Waals surface area (Å²) in [6.07, 6.45) is 3.23. The molecule has 1 atom stereocenters. The number of carbonyl (C=O) groups excluding carboxylic acids is 1. The molecule has 1 rings (SSSR count). The molecule has 0 aromatic heterocycles. The number of carboxylic acids is 1. The van der Waals surface area contributed by atoms with E-state index in [1.807, 2.05) is 6.26 Å². The number of aliphatic carboxylic acids is 1. The fourth-order valence-corrected chi connectivity index (χ4v) is 2.25. The maximum atomic E-state index is 13.5. The number of hydrogen-bond acceptors (Lipinski definition) is 5. The molecule has 1 amide bonds. The van der Waals surface area contributed by atoms with Gasteiger partial charge in [0, 0.05) is 18.3 Å². The highest BCUT2D eigenvalue weighted by Crippen LogP contribution is 2.06. The highest BCUT2D eigenvalue weighted by Gasteiger charge is 2.21. The van der Waals surface area contributed by atoms with Crippen LogP contribution in [0.1, 0.15) is 12.0 Å². The Morgan fingerprint density at radius 2 is 2.17 bits per heavy atom. The van der Waals surface area contributed by atoms with Crippen LogP contribution < -0.4 is 10.6 Å². The lowest BCUT2D eigenvalue weighted by molar-refractivity contribution is -0.141. The number of hydrogen-bond donors (Lipinski definition) is 3. The van der Waals surface area contributed by atoms with E-state index in [0.29, 0.717) is 11.3 Å². The summed E-state index contributed by atoms with van der Waals surface area (Å²) in [5.41, 5.74) is 0.108. The van der Waals surface area contributed by atoms with Crippen LogP contribution in [0.5, 0.6) is 0 Å². The molecular formula is C16H18FN3O3S. The van der Waals surface area contributed by atoms with Gasteiger partial charge in [0.25, 0.3) is 5.91 Å². The van der Waals surface area contributed by atoms with Crippen LogP contribution >= 0.6 is 11.8 Å². The third-order valence-corrected chi connectivity index (χ3v) is 3.72. The van der Waals surface area contributed by atoms with Crippen LogP contribution in [0, 0.1) is 17.1 Å². The summed E-state index contributed by atoms with van der Waals surface area (Å²) in [7, 11) is 0. The average molecular weight is 351 g/mol. The lowest BCUT2D eigenvalue weighted by Gasteiger charge is -2.13. The number of carbonyl (C=O) groups is 2. The smallest absolute Gasteiger partial charge is 0.326 e. The van der Waals surface area contributed by atoms with Gasteiger partial charge in [-0.2, -0.15) is 17.0 Å². The van der Waals surface area contributed by atoms with Crippen LogP contribution in [0.3, 0.4) is 0 Å². The molecule has 0 aliphatic carbocycles. The highest BCUT2D eigenvalue weighted by molar-refractivity contribution is 7.98. The van der Waals surface area contributed by atoms with E-state index >= 15 is 0 Å². The number of nitrogens with zero attached hydrogens (tertiary/aromatic N) is 1. The largest absolute Gasteiger partial charge is 0.480 e. The van der Waals surface area contributed by atoms with Crippen molar-refractivity contribution in [3.63, 3.8) is 0 Å². The molecule has 1 unspecified atom stereocenters. The first-order valence-electron chi connectivity index (χ1n) is 7.09. The molecule has 1 aromatic carbocycles. The third-order valence-electron chi connectivity index (χ3n) is 3.08. The second kappa shape index (κ2) is 10.3. The summed E-state index contributed by atoms with van der Waals surface area (Å²) in [4.78, 5) is 23.1. The Morgan fingerprint density at radius 3 is 2.75 bits per heavy atom. The molecule has 0 bridgehead atoms. The summed E-state index contributed by atoms with van der Waals surface area (Å²) < 4.78 is 13.5. The lowest BCUT2D eigenvalue weighted by atomic mass is 10.2. The van der Waals surface area contributed by atoms with Crippen molar-refractivity contribution in [2.75, 3.05) is 12.0 Å². The van der Waals surface area contributed by atoms with Gasteiger partial charge in [0.2, 0.25) is 0 Å². The zero-order chi connectivity index (χ0) is 17.9. The van der Waals surface area contributed by atoms with Crippen molar-refractivity contribution in [3.05, 3.63) is 47.4 Å². The zero-order valence-corrected chi connectivity index (χ0v) is 13.9. The van der Waals surface area contributed by atoms with Gasteiger partial charge in [0.1, 0.15) is 23.5 Å². The van der Waals surface area contributed by atoms with Gasteiger partial charge >= 0.3 is 5.97 Å². The van der Waals surface area contributed by atoms with E-state index in [4.69, 9.17) is 10.4 Å². The molecule has 0 radical (unpaired) electrons. The monoisotopic (exact) mass is 351 g/mol. The number of halogens is 1. The highest BCUT2D eigenvalue weighted by atomic mass is 32.2. The molecular weight excluding hydrogens is 333 g/mol. The van der Waals surface area contributed by atoms with Crippen molar-refractivity contribution in [1.29, 1.82) is 5.26 Å². The van der Waals surface area contributed by atoms with E-state index in [-0.39, 0.29) is 18.5 Å². The molecule has 8 heteroatoms. The summed E-state index contributed by atoms with van der Waals surface area (Å²) >= 11 is 1.46. The molecule has 3 N–H and O–H groups in total. The van der Waals surface area contributed by atoms with E-state index in [9.17, 15) is 14.0 Å². The van der Waals surface area contributed by atoms with Gasteiger partial charge in [-0.1, -0.05) is 18.2 Å². The van der Waals surface area contributed by atoms with Gasteiger partial charge in [0.05, 0.1) is 0 Å². The topological polar surface area (TPSA) is 102 Å². The minimum Gasteiger partial charge on any atom is -0.480 e. The molecule has 0 saturated heterocycles. The van der Waals surface area contributed by atoms with Crippen molar-refractivity contribution in [1.82, 2.24) is 10.6 Å². The summed E-state index contributed by atoms with van der Waals surface area (Å²) in [6, 6.07) is 6.75. The minimum absolute atomic E-state index is 0.0972. The Labute approximate surface area is 143 Å². The van der Waals surface area contributed by atoms with Gasteiger partial charge < -0.3 is 15.7 Å². The quantitative estimate of drug-likeness (QED) is 0.462. The number of benzene rings is 1. The second-order valence-electron chi connectivity index (χ2n) is 4.79. The minimum atomic E-state index is -1.16. The molecule has 0 spiro atoms.